The molecule has 14 heavy (non-hydrogen) atoms. The lowest BCUT2D eigenvalue weighted by atomic mass is 10.3. The molecule has 4 heteroatoms. The highest BCUT2D eigenvalue weighted by Crippen LogP contribution is 2.29. The molecule has 2 rings (SSSR count). The molecule has 0 spiro atoms. The Morgan fingerprint density at radius 1 is 1.50 bits per heavy atom. The fourth-order valence-electron chi connectivity index (χ4n) is 1.26. The largest absolute Gasteiger partial charge is 0.362 e. The summed E-state index contributed by atoms with van der Waals surface area (Å²) in [5.41, 5.74) is 1.09. The van der Waals surface area contributed by atoms with Gasteiger partial charge in [-0.15, -0.1) is 11.8 Å². The van der Waals surface area contributed by atoms with Crippen molar-refractivity contribution >= 4 is 38.4 Å². The van der Waals surface area contributed by atoms with Crippen molar-refractivity contribution in [2.24, 2.45) is 0 Å². The number of hydrogen-bond acceptors (Lipinski definition) is 4. The zero-order valence-corrected chi connectivity index (χ0v) is 9.84. The molecule has 74 valence electrons. The first-order chi connectivity index (χ1) is 6.83. The third kappa shape index (κ3) is 1.86. The Morgan fingerprint density at radius 2 is 2.36 bits per heavy atom. The van der Waals surface area contributed by atoms with Crippen LogP contribution in [0, 0.1) is 0 Å². The van der Waals surface area contributed by atoms with Crippen molar-refractivity contribution in [2.45, 2.75) is 11.8 Å². The molecule has 0 aliphatic rings. The van der Waals surface area contributed by atoms with Crippen molar-refractivity contribution in [3.8, 4) is 0 Å². The molecular formula is C10H12N2S2. The number of thioether (sulfide) groups is 1. The minimum atomic E-state index is 0.926. The summed E-state index contributed by atoms with van der Waals surface area (Å²) in [6.07, 6.45) is 2.09. The van der Waals surface area contributed by atoms with Crippen LogP contribution in [0.25, 0.3) is 10.2 Å². The average molecular weight is 224 g/mol. The van der Waals surface area contributed by atoms with E-state index in [0.29, 0.717) is 0 Å². The SMILES string of the molecule is CCNc1nc2ccc(SC)cc2s1. The number of rotatable bonds is 3. The Bertz CT molecular complexity index is 437. The Hall–Kier alpha value is -0.740. The zero-order valence-electron chi connectivity index (χ0n) is 8.20. The number of thiazole rings is 1. The van der Waals surface area contributed by atoms with E-state index in [1.807, 2.05) is 0 Å². The van der Waals surface area contributed by atoms with Crippen LogP contribution in [0.5, 0.6) is 0 Å². The van der Waals surface area contributed by atoms with Crippen molar-refractivity contribution in [3.63, 3.8) is 0 Å². The molecule has 1 aromatic carbocycles. The van der Waals surface area contributed by atoms with E-state index in [1.165, 1.54) is 9.60 Å². The lowest BCUT2D eigenvalue weighted by Crippen LogP contribution is -1.94. The second-order valence-corrected chi connectivity index (χ2v) is 4.79. The summed E-state index contributed by atoms with van der Waals surface area (Å²) in [7, 11) is 0. The Balaban J connectivity index is 2.43. The molecule has 0 atom stereocenters. The monoisotopic (exact) mass is 224 g/mol. The Kier molecular flexibility index (Phi) is 2.93. The van der Waals surface area contributed by atoms with Gasteiger partial charge < -0.3 is 5.32 Å². The van der Waals surface area contributed by atoms with E-state index in [0.717, 1.165) is 17.2 Å². The number of benzene rings is 1. The lowest BCUT2D eigenvalue weighted by Gasteiger charge is -1.92. The summed E-state index contributed by atoms with van der Waals surface area (Å²) in [5.74, 6) is 0. The van der Waals surface area contributed by atoms with Gasteiger partial charge in [0.2, 0.25) is 0 Å². The highest BCUT2D eigenvalue weighted by Gasteiger charge is 2.02. The summed E-state index contributed by atoms with van der Waals surface area (Å²) in [4.78, 5) is 5.77. The second-order valence-electron chi connectivity index (χ2n) is 2.88. The van der Waals surface area contributed by atoms with Gasteiger partial charge in [0.1, 0.15) is 0 Å². The van der Waals surface area contributed by atoms with E-state index in [-0.39, 0.29) is 0 Å². The van der Waals surface area contributed by atoms with Gasteiger partial charge in [-0.2, -0.15) is 0 Å². The van der Waals surface area contributed by atoms with Crippen LogP contribution in [-0.2, 0) is 0 Å². The molecule has 0 saturated heterocycles. The van der Waals surface area contributed by atoms with Gasteiger partial charge in [-0.25, -0.2) is 4.98 Å². The number of nitrogens with one attached hydrogen (secondary N) is 1. The maximum atomic E-state index is 4.48. The van der Waals surface area contributed by atoms with E-state index in [9.17, 15) is 0 Å². The average Bonchev–Trinajstić information content (AvgIpc) is 2.59. The van der Waals surface area contributed by atoms with Crippen molar-refractivity contribution in [3.05, 3.63) is 18.2 Å². The fourth-order valence-corrected chi connectivity index (χ4v) is 2.75. The van der Waals surface area contributed by atoms with Crippen molar-refractivity contribution in [1.82, 2.24) is 4.98 Å². The van der Waals surface area contributed by atoms with Crippen molar-refractivity contribution in [1.29, 1.82) is 0 Å². The van der Waals surface area contributed by atoms with Crippen LogP contribution < -0.4 is 5.32 Å². The maximum absolute atomic E-state index is 4.48. The molecule has 0 aliphatic heterocycles. The lowest BCUT2D eigenvalue weighted by molar-refractivity contribution is 1.20. The molecule has 1 heterocycles. The summed E-state index contributed by atoms with van der Waals surface area (Å²) in [6, 6.07) is 6.39. The van der Waals surface area contributed by atoms with Gasteiger partial charge in [0.25, 0.3) is 0 Å². The van der Waals surface area contributed by atoms with Crippen LogP contribution in [-0.4, -0.2) is 17.8 Å². The minimum Gasteiger partial charge on any atom is -0.362 e. The van der Waals surface area contributed by atoms with E-state index in [2.05, 4.69) is 41.7 Å². The van der Waals surface area contributed by atoms with Gasteiger partial charge in [0.15, 0.2) is 5.13 Å². The molecule has 0 unspecified atom stereocenters. The van der Waals surface area contributed by atoms with Crippen LogP contribution in [0.15, 0.2) is 23.1 Å². The van der Waals surface area contributed by atoms with E-state index in [4.69, 9.17) is 0 Å². The summed E-state index contributed by atoms with van der Waals surface area (Å²) in [5, 5.41) is 4.25. The van der Waals surface area contributed by atoms with Gasteiger partial charge in [0.05, 0.1) is 10.2 Å². The number of aromatic nitrogens is 1. The molecule has 0 aliphatic carbocycles. The van der Waals surface area contributed by atoms with Crippen molar-refractivity contribution < 1.29 is 0 Å². The summed E-state index contributed by atoms with van der Waals surface area (Å²) >= 11 is 3.48. The predicted molar refractivity (Wildman–Crippen MR) is 65.6 cm³/mol. The van der Waals surface area contributed by atoms with Gasteiger partial charge >= 0.3 is 0 Å². The number of fused-ring (bicyclic) bond motifs is 1. The van der Waals surface area contributed by atoms with Crippen LogP contribution >= 0.6 is 23.1 Å². The maximum Gasteiger partial charge on any atom is 0.183 e. The highest BCUT2D eigenvalue weighted by atomic mass is 32.2. The molecule has 0 amide bonds. The van der Waals surface area contributed by atoms with Crippen LogP contribution in [0.2, 0.25) is 0 Å². The highest BCUT2D eigenvalue weighted by molar-refractivity contribution is 7.98. The molecule has 1 N–H and O–H groups in total. The van der Waals surface area contributed by atoms with Gasteiger partial charge in [0, 0.05) is 11.4 Å². The van der Waals surface area contributed by atoms with Gasteiger partial charge in [-0.05, 0) is 31.4 Å². The predicted octanol–water partition coefficient (Wildman–Crippen LogP) is 3.45. The topological polar surface area (TPSA) is 24.9 Å². The Labute approximate surface area is 91.7 Å². The second kappa shape index (κ2) is 4.19. The third-order valence-electron chi connectivity index (χ3n) is 1.92. The standard InChI is InChI=1S/C10H12N2S2/c1-3-11-10-12-8-5-4-7(13-2)6-9(8)14-10/h4-6H,3H2,1-2H3,(H,11,12). The van der Waals surface area contributed by atoms with E-state index < -0.39 is 0 Å². The quantitative estimate of drug-likeness (QED) is 0.808. The van der Waals surface area contributed by atoms with Crippen LogP contribution in [0.4, 0.5) is 5.13 Å². The molecule has 0 saturated carbocycles. The Morgan fingerprint density at radius 3 is 3.07 bits per heavy atom. The smallest absolute Gasteiger partial charge is 0.183 e. The van der Waals surface area contributed by atoms with Crippen molar-refractivity contribution in [2.75, 3.05) is 18.1 Å². The first kappa shape index (κ1) is 9.80. The van der Waals surface area contributed by atoms with Gasteiger partial charge in [-0.1, -0.05) is 11.3 Å². The van der Waals surface area contributed by atoms with E-state index in [1.54, 1.807) is 23.1 Å². The number of nitrogens with zero attached hydrogens (tertiary/aromatic N) is 1. The molecular weight excluding hydrogens is 212 g/mol. The first-order valence-corrected chi connectivity index (χ1v) is 6.56. The van der Waals surface area contributed by atoms with E-state index >= 15 is 0 Å². The van der Waals surface area contributed by atoms with Gasteiger partial charge in [-0.3, -0.25) is 0 Å². The first-order valence-electron chi connectivity index (χ1n) is 4.52. The summed E-state index contributed by atoms with van der Waals surface area (Å²) < 4.78 is 1.26. The third-order valence-corrected chi connectivity index (χ3v) is 3.62. The molecule has 2 nitrogen and oxygen atoms in total. The molecule has 0 fully saturated rings. The number of hydrogen-bond donors (Lipinski definition) is 1. The zero-order chi connectivity index (χ0) is 9.97. The minimum absolute atomic E-state index is 0.926. The molecule has 1 aromatic heterocycles. The van der Waals surface area contributed by atoms with Crippen LogP contribution in [0.1, 0.15) is 6.92 Å². The fraction of sp³-hybridized carbons (Fsp3) is 0.300. The molecule has 0 radical (unpaired) electrons. The molecule has 0 bridgehead atoms. The number of anilines is 1. The van der Waals surface area contributed by atoms with Crippen LogP contribution in [0.3, 0.4) is 0 Å². The normalized spacial score (nSPS) is 10.7. The molecule has 2 aromatic rings. The summed E-state index contributed by atoms with van der Waals surface area (Å²) in [6.45, 7) is 3.01.